The van der Waals surface area contributed by atoms with Crippen molar-refractivity contribution in [1.82, 2.24) is 19.2 Å². The van der Waals surface area contributed by atoms with Crippen LogP contribution in [0, 0.1) is 0 Å². The quantitative estimate of drug-likeness (QED) is 0.690. The van der Waals surface area contributed by atoms with E-state index in [4.69, 9.17) is 9.47 Å². The number of hydrogen-bond donors (Lipinski definition) is 1. The number of fused-ring (bicyclic) bond motifs is 1. The van der Waals surface area contributed by atoms with Gasteiger partial charge in [-0.15, -0.1) is 0 Å². The molecule has 2 aromatic heterocycles. The van der Waals surface area contributed by atoms with Gasteiger partial charge in [-0.25, -0.2) is 0 Å². The maximum Gasteiger partial charge on any atom is 0.272 e. The number of nitrogens with zero attached hydrogens (tertiary/aromatic N) is 4. The molecule has 1 amide bonds. The van der Waals surface area contributed by atoms with Crippen molar-refractivity contribution in [1.29, 1.82) is 0 Å². The Hall–Kier alpha value is -3.26. The Bertz CT molecular complexity index is 1080. The molecule has 8 heteroatoms. The van der Waals surface area contributed by atoms with Gasteiger partial charge in [-0.1, -0.05) is 0 Å². The van der Waals surface area contributed by atoms with E-state index < -0.39 is 0 Å². The SMILES string of the molecule is Cn1cccc1-c1cc(C(=O)N2CC[NH+](Cc3ccc4c(c3)OCO4)CC2)n(C)n1. The van der Waals surface area contributed by atoms with Crippen LogP contribution >= 0.6 is 0 Å². The van der Waals surface area contributed by atoms with Crippen LogP contribution in [0.4, 0.5) is 0 Å². The lowest BCUT2D eigenvalue weighted by atomic mass is 10.1. The van der Waals surface area contributed by atoms with E-state index in [0.717, 1.165) is 55.6 Å². The summed E-state index contributed by atoms with van der Waals surface area (Å²) in [6.45, 7) is 4.53. The van der Waals surface area contributed by atoms with Crippen molar-refractivity contribution < 1.29 is 19.2 Å². The molecule has 30 heavy (non-hydrogen) atoms. The number of ether oxygens (including phenoxy) is 2. The third kappa shape index (κ3) is 3.43. The van der Waals surface area contributed by atoms with Crippen molar-refractivity contribution in [3.05, 3.63) is 53.9 Å². The van der Waals surface area contributed by atoms with Crippen molar-refractivity contribution in [2.45, 2.75) is 6.54 Å². The summed E-state index contributed by atoms with van der Waals surface area (Å²) in [6, 6.07) is 12.0. The first-order chi connectivity index (χ1) is 14.6. The fourth-order valence-electron chi connectivity index (χ4n) is 4.22. The first-order valence-electron chi connectivity index (χ1n) is 10.3. The topological polar surface area (TPSA) is 66.0 Å². The molecule has 2 aliphatic rings. The Morgan fingerprint density at radius 3 is 2.67 bits per heavy atom. The van der Waals surface area contributed by atoms with Crippen LogP contribution in [0.1, 0.15) is 16.1 Å². The van der Waals surface area contributed by atoms with Gasteiger partial charge in [0.25, 0.3) is 5.91 Å². The number of carbonyl (C=O) groups is 1. The summed E-state index contributed by atoms with van der Waals surface area (Å²) in [4.78, 5) is 16.5. The molecule has 2 aliphatic heterocycles. The van der Waals surface area contributed by atoms with Crippen molar-refractivity contribution in [2.24, 2.45) is 14.1 Å². The van der Waals surface area contributed by atoms with E-state index in [1.165, 1.54) is 10.5 Å². The van der Waals surface area contributed by atoms with Crippen LogP contribution in [-0.2, 0) is 20.6 Å². The Balaban J connectivity index is 1.22. The number of piperazine rings is 1. The Morgan fingerprint density at radius 1 is 1.10 bits per heavy atom. The van der Waals surface area contributed by atoms with E-state index in [0.29, 0.717) is 12.5 Å². The Labute approximate surface area is 175 Å². The molecule has 5 rings (SSSR count). The minimum atomic E-state index is 0.0487. The molecule has 3 aromatic rings. The van der Waals surface area contributed by atoms with E-state index in [-0.39, 0.29) is 5.91 Å². The van der Waals surface area contributed by atoms with Gasteiger partial charge in [0.1, 0.15) is 17.9 Å². The summed E-state index contributed by atoms with van der Waals surface area (Å²) in [7, 11) is 3.81. The first-order valence-corrected chi connectivity index (χ1v) is 10.3. The smallest absolute Gasteiger partial charge is 0.272 e. The molecule has 0 radical (unpaired) electrons. The normalized spacial score (nSPS) is 16.3. The highest BCUT2D eigenvalue weighted by molar-refractivity contribution is 5.93. The zero-order valence-corrected chi connectivity index (χ0v) is 17.3. The van der Waals surface area contributed by atoms with Gasteiger partial charge < -0.3 is 23.8 Å². The van der Waals surface area contributed by atoms with Crippen LogP contribution in [0.3, 0.4) is 0 Å². The molecule has 0 unspecified atom stereocenters. The fraction of sp³-hybridized carbons (Fsp3) is 0.364. The van der Waals surface area contributed by atoms with Gasteiger partial charge >= 0.3 is 0 Å². The molecule has 0 saturated carbocycles. The Morgan fingerprint density at radius 2 is 1.90 bits per heavy atom. The lowest BCUT2D eigenvalue weighted by molar-refractivity contribution is -0.917. The van der Waals surface area contributed by atoms with Crippen LogP contribution in [-0.4, -0.2) is 58.1 Å². The van der Waals surface area contributed by atoms with Crippen molar-refractivity contribution >= 4 is 5.91 Å². The molecular weight excluding hydrogens is 382 g/mol. The van der Waals surface area contributed by atoms with E-state index in [1.807, 2.05) is 54.0 Å². The summed E-state index contributed by atoms with van der Waals surface area (Å²) >= 11 is 0. The van der Waals surface area contributed by atoms with Gasteiger partial charge in [0.2, 0.25) is 6.79 Å². The molecule has 4 heterocycles. The molecule has 0 atom stereocenters. The molecule has 0 bridgehead atoms. The molecule has 0 spiro atoms. The summed E-state index contributed by atoms with van der Waals surface area (Å²) in [5, 5.41) is 4.55. The summed E-state index contributed by atoms with van der Waals surface area (Å²) in [6.07, 6.45) is 1.98. The molecule has 1 N–H and O–H groups in total. The van der Waals surface area contributed by atoms with Crippen molar-refractivity contribution in [3.63, 3.8) is 0 Å². The summed E-state index contributed by atoms with van der Waals surface area (Å²) < 4.78 is 14.6. The lowest BCUT2D eigenvalue weighted by Gasteiger charge is -2.32. The van der Waals surface area contributed by atoms with Gasteiger partial charge in [0.05, 0.1) is 31.9 Å². The minimum Gasteiger partial charge on any atom is -0.454 e. The van der Waals surface area contributed by atoms with Gasteiger partial charge in [-0.05, 0) is 36.4 Å². The van der Waals surface area contributed by atoms with E-state index in [2.05, 4.69) is 17.2 Å². The number of amides is 1. The molecule has 1 saturated heterocycles. The number of carbonyl (C=O) groups excluding carboxylic acids is 1. The zero-order chi connectivity index (χ0) is 20.7. The highest BCUT2D eigenvalue weighted by Crippen LogP contribution is 2.32. The molecule has 1 aromatic carbocycles. The minimum absolute atomic E-state index is 0.0487. The third-order valence-electron chi connectivity index (χ3n) is 5.95. The predicted molar refractivity (Wildman–Crippen MR) is 110 cm³/mol. The van der Waals surface area contributed by atoms with Crippen LogP contribution < -0.4 is 14.4 Å². The number of aryl methyl sites for hydroxylation is 2. The number of quaternary nitrogens is 1. The van der Waals surface area contributed by atoms with E-state index in [9.17, 15) is 4.79 Å². The van der Waals surface area contributed by atoms with Crippen LogP contribution in [0.2, 0.25) is 0 Å². The molecule has 1 fully saturated rings. The van der Waals surface area contributed by atoms with Gasteiger partial charge in [0, 0.05) is 25.9 Å². The first kappa shape index (κ1) is 18.7. The van der Waals surface area contributed by atoms with E-state index >= 15 is 0 Å². The number of benzene rings is 1. The van der Waals surface area contributed by atoms with Crippen LogP contribution in [0.25, 0.3) is 11.4 Å². The monoisotopic (exact) mass is 408 g/mol. The second kappa shape index (κ2) is 7.53. The maximum absolute atomic E-state index is 13.1. The summed E-state index contributed by atoms with van der Waals surface area (Å²) in [5.74, 6) is 1.69. The standard InChI is InChI=1S/C22H25N5O3/c1-24-7-3-4-18(24)17-13-19(25(2)23-17)22(28)27-10-8-26(9-11-27)14-16-5-6-20-21(12-16)30-15-29-20/h3-7,12-13H,8-11,14-15H2,1-2H3/p+1. The number of aromatic nitrogens is 3. The van der Waals surface area contributed by atoms with E-state index in [1.54, 1.807) is 4.68 Å². The highest BCUT2D eigenvalue weighted by atomic mass is 16.7. The number of rotatable bonds is 4. The highest BCUT2D eigenvalue weighted by Gasteiger charge is 2.27. The maximum atomic E-state index is 13.1. The zero-order valence-electron chi connectivity index (χ0n) is 17.3. The molecule has 8 nitrogen and oxygen atoms in total. The van der Waals surface area contributed by atoms with Crippen LogP contribution in [0.5, 0.6) is 11.5 Å². The average molecular weight is 408 g/mol. The molecule has 156 valence electrons. The van der Waals surface area contributed by atoms with Crippen LogP contribution in [0.15, 0.2) is 42.6 Å². The van der Waals surface area contributed by atoms with Gasteiger partial charge in [-0.2, -0.15) is 5.10 Å². The predicted octanol–water partition coefficient (Wildman–Crippen LogP) is 0.695. The van der Waals surface area contributed by atoms with Crippen molar-refractivity contribution in [3.8, 4) is 22.9 Å². The average Bonchev–Trinajstić information content (AvgIpc) is 3.47. The Kier molecular flexibility index (Phi) is 4.71. The second-order valence-electron chi connectivity index (χ2n) is 7.95. The molecule has 0 aliphatic carbocycles. The number of nitrogens with one attached hydrogen (secondary N) is 1. The van der Waals surface area contributed by atoms with Gasteiger partial charge in [-0.3, -0.25) is 9.48 Å². The number of hydrogen-bond acceptors (Lipinski definition) is 4. The van der Waals surface area contributed by atoms with Crippen molar-refractivity contribution in [2.75, 3.05) is 33.0 Å². The second-order valence-corrected chi connectivity index (χ2v) is 7.95. The summed E-state index contributed by atoms with van der Waals surface area (Å²) in [5.41, 5.74) is 3.68. The largest absolute Gasteiger partial charge is 0.454 e. The lowest BCUT2D eigenvalue weighted by Crippen LogP contribution is -3.13. The molecular formula is C22H26N5O3+. The van der Waals surface area contributed by atoms with Gasteiger partial charge in [0.15, 0.2) is 11.5 Å². The third-order valence-corrected chi connectivity index (χ3v) is 5.95. The fourth-order valence-corrected chi connectivity index (χ4v) is 4.22.